The Kier molecular flexibility index (Phi) is 3.09. The molecular weight excluding hydrogens is 234 g/mol. The number of anilines is 1. The van der Waals surface area contributed by atoms with E-state index in [4.69, 9.17) is 17.3 Å². The van der Waals surface area contributed by atoms with Crippen LogP contribution < -0.4 is 5.73 Å². The Balaban J connectivity index is 2.55. The van der Waals surface area contributed by atoms with Crippen LogP contribution in [0, 0.1) is 0 Å². The fraction of sp³-hybridized carbons (Fsp3) is 0.143. The third-order valence-electron chi connectivity index (χ3n) is 2.88. The Labute approximate surface area is 106 Å². The van der Waals surface area contributed by atoms with E-state index in [9.17, 15) is 5.11 Å². The van der Waals surface area contributed by atoms with Crippen LogP contribution in [-0.2, 0) is 5.60 Å². The van der Waals surface area contributed by atoms with Crippen LogP contribution in [0.2, 0.25) is 5.02 Å². The average Bonchev–Trinajstić information content (AvgIpc) is 2.33. The first-order valence-corrected chi connectivity index (χ1v) is 5.73. The van der Waals surface area contributed by atoms with E-state index in [1.807, 2.05) is 30.3 Å². The van der Waals surface area contributed by atoms with E-state index < -0.39 is 5.60 Å². The minimum Gasteiger partial charge on any atom is -0.398 e. The maximum absolute atomic E-state index is 10.6. The fourth-order valence-corrected chi connectivity index (χ4v) is 2.04. The summed E-state index contributed by atoms with van der Waals surface area (Å²) in [6.07, 6.45) is 0. The van der Waals surface area contributed by atoms with Gasteiger partial charge in [0.2, 0.25) is 0 Å². The van der Waals surface area contributed by atoms with Gasteiger partial charge in [-0.25, -0.2) is 0 Å². The van der Waals surface area contributed by atoms with E-state index in [1.54, 1.807) is 25.1 Å². The predicted octanol–water partition coefficient (Wildman–Crippen LogP) is 3.18. The maximum atomic E-state index is 10.6. The van der Waals surface area contributed by atoms with Crippen molar-refractivity contribution >= 4 is 17.3 Å². The summed E-state index contributed by atoms with van der Waals surface area (Å²) < 4.78 is 0. The second kappa shape index (κ2) is 4.40. The van der Waals surface area contributed by atoms with Gasteiger partial charge in [0.25, 0.3) is 0 Å². The number of halogens is 1. The van der Waals surface area contributed by atoms with Gasteiger partial charge in [0.1, 0.15) is 5.60 Å². The molecular formula is C14H14ClNO. The van der Waals surface area contributed by atoms with Crippen molar-refractivity contribution in [3.63, 3.8) is 0 Å². The Morgan fingerprint density at radius 1 is 1.12 bits per heavy atom. The number of rotatable bonds is 2. The number of aliphatic hydroxyl groups is 1. The van der Waals surface area contributed by atoms with Crippen LogP contribution in [0.25, 0.3) is 0 Å². The van der Waals surface area contributed by atoms with Gasteiger partial charge in [0.15, 0.2) is 0 Å². The third kappa shape index (κ3) is 2.28. The first-order chi connectivity index (χ1) is 8.01. The summed E-state index contributed by atoms with van der Waals surface area (Å²) in [6.45, 7) is 1.71. The van der Waals surface area contributed by atoms with Crippen molar-refractivity contribution in [2.45, 2.75) is 12.5 Å². The lowest BCUT2D eigenvalue weighted by atomic mass is 9.87. The molecule has 0 fully saturated rings. The smallest absolute Gasteiger partial charge is 0.114 e. The molecule has 1 atom stereocenters. The van der Waals surface area contributed by atoms with Crippen molar-refractivity contribution in [3.8, 4) is 0 Å². The van der Waals surface area contributed by atoms with E-state index in [0.29, 0.717) is 16.3 Å². The van der Waals surface area contributed by atoms with Crippen LogP contribution in [0.4, 0.5) is 5.69 Å². The molecule has 0 bridgehead atoms. The highest BCUT2D eigenvalue weighted by atomic mass is 35.5. The third-order valence-corrected chi connectivity index (χ3v) is 3.11. The SMILES string of the molecule is C[C@@](O)(c1ccccc1)c1cc(Cl)ccc1N. The molecule has 0 aliphatic rings. The second-order valence-corrected chi connectivity index (χ2v) is 4.61. The Hall–Kier alpha value is -1.51. The normalized spacial score (nSPS) is 14.3. The monoisotopic (exact) mass is 247 g/mol. The van der Waals surface area contributed by atoms with Crippen molar-refractivity contribution in [3.05, 3.63) is 64.7 Å². The van der Waals surface area contributed by atoms with Gasteiger partial charge in [0, 0.05) is 16.3 Å². The van der Waals surface area contributed by atoms with Crippen molar-refractivity contribution < 1.29 is 5.11 Å². The number of benzene rings is 2. The van der Waals surface area contributed by atoms with E-state index >= 15 is 0 Å². The first-order valence-electron chi connectivity index (χ1n) is 5.35. The van der Waals surface area contributed by atoms with Gasteiger partial charge < -0.3 is 10.8 Å². The summed E-state index contributed by atoms with van der Waals surface area (Å²) in [5, 5.41) is 11.2. The van der Waals surface area contributed by atoms with Crippen LogP contribution in [0.5, 0.6) is 0 Å². The number of hydrogen-bond donors (Lipinski definition) is 2. The summed E-state index contributed by atoms with van der Waals surface area (Å²) >= 11 is 5.94. The van der Waals surface area contributed by atoms with Crippen LogP contribution in [-0.4, -0.2) is 5.11 Å². The zero-order chi connectivity index (χ0) is 12.5. The molecule has 0 heterocycles. The first kappa shape index (κ1) is 12.0. The standard InChI is InChI=1S/C14H14ClNO/c1-14(17,10-5-3-2-4-6-10)12-9-11(15)7-8-13(12)16/h2-9,17H,16H2,1H3/t14-/m1/s1. The van der Waals surface area contributed by atoms with Gasteiger partial charge in [-0.05, 0) is 30.7 Å². The van der Waals surface area contributed by atoms with Crippen molar-refractivity contribution in [1.29, 1.82) is 0 Å². The minimum atomic E-state index is -1.14. The summed E-state index contributed by atoms with van der Waals surface area (Å²) in [5.41, 5.74) is 6.69. The van der Waals surface area contributed by atoms with Crippen molar-refractivity contribution in [1.82, 2.24) is 0 Å². The molecule has 0 amide bonds. The summed E-state index contributed by atoms with van der Waals surface area (Å²) in [5.74, 6) is 0. The second-order valence-electron chi connectivity index (χ2n) is 4.17. The van der Waals surface area contributed by atoms with Gasteiger partial charge in [-0.3, -0.25) is 0 Å². The topological polar surface area (TPSA) is 46.2 Å². The Morgan fingerprint density at radius 2 is 1.76 bits per heavy atom. The van der Waals surface area contributed by atoms with Gasteiger partial charge in [-0.1, -0.05) is 41.9 Å². The maximum Gasteiger partial charge on any atom is 0.114 e. The molecule has 0 aliphatic carbocycles. The van der Waals surface area contributed by atoms with Gasteiger partial charge >= 0.3 is 0 Å². The van der Waals surface area contributed by atoms with E-state index in [1.165, 1.54) is 0 Å². The van der Waals surface area contributed by atoms with Crippen LogP contribution in [0.1, 0.15) is 18.1 Å². The Bertz CT molecular complexity index is 523. The molecule has 2 rings (SSSR count). The number of nitrogen functional groups attached to an aromatic ring is 1. The summed E-state index contributed by atoms with van der Waals surface area (Å²) in [6, 6.07) is 14.5. The van der Waals surface area contributed by atoms with Crippen LogP contribution in [0.3, 0.4) is 0 Å². The van der Waals surface area contributed by atoms with Gasteiger partial charge in [0.05, 0.1) is 0 Å². The molecule has 0 spiro atoms. The Morgan fingerprint density at radius 3 is 2.41 bits per heavy atom. The van der Waals surface area contributed by atoms with Gasteiger partial charge in [-0.2, -0.15) is 0 Å². The number of hydrogen-bond acceptors (Lipinski definition) is 2. The largest absolute Gasteiger partial charge is 0.398 e. The zero-order valence-electron chi connectivity index (χ0n) is 9.52. The van der Waals surface area contributed by atoms with Crippen molar-refractivity contribution in [2.24, 2.45) is 0 Å². The molecule has 0 aromatic heterocycles. The molecule has 88 valence electrons. The molecule has 0 saturated heterocycles. The molecule has 3 N–H and O–H groups in total. The van der Waals surface area contributed by atoms with E-state index in [0.717, 1.165) is 5.56 Å². The highest BCUT2D eigenvalue weighted by molar-refractivity contribution is 6.30. The lowest BCUT2D eigenvalue weighted by molar-refractivity contribution is 0.103. The highest BCUT2D eigenvalue weighted by Crippen LogP contribution is 2.34. The lowest BCUT2D eigenvalue weighted by Gasteiger charge is -2.26. The quantitative estimate of drug-likeness (QED) is 0.801. The van der Waals surface area contributed by atoms with Gasteiger partial charge in [-0.15, -0.1) is 0 Å². The minimum absolute atomic E-state index is 0.531. The summed E-state index contributed by atoms with van der Waals surface area (Å²) in [7, 11) is 0. The van der Waals surface area contributed by atoms with Crippen LogP contribution in [0.15, 0.2) is 48.5 Å². The predicted molar refractivity (Wildman–Crippen MR) is 71.0 cm³/mol. The molecule has 0 aliphatic heterocycles. The molecule has 2 aromatic carbocycles. The van der Waals surface area contributed by atoms with E-state index in [-0.39, 0.29) is 0 Å². The molecule has 0 saturated carbocycles. The molecule has 0 radical (unpaired) electrons. The molecule has 0 unspecified atom stereocenters. The highest BCUT2D eigenvalue weighted by Gasteiger charge is 2.27. The van der Waals surface area contributed by atoms with Crippen molar-refractivity contribution in [2.75, 3.05) is 5.73 Å². The lowest BCUT2D eigenvalue weighted by Crippen LogP contribution is -2.24. The van der Waals surface area contributed by atoms with E-state index in [2.05, 4.69) is 0 Å². The molecule has 3 heteroatoms. The molecule has 2 nitrogen and oxygen atoms in total. The number of nitrogens with two attached hydrogens (primary N) is 1. The molecule has 2 aromatic rings. The fourth-order valence-electron chi connectivity index (χ4n) is 1.87. The molecule has 17 heavy (non-hydrogen) atoms. The summed E-state index contributed by atoms with van der Waals surface area (Å²) in [4.78, 5) is 0. The van der Waals surface area contributed by atoms with Crippen LogP contribution >= 0.6 is 11.6 Å². The zero-order valence-corrected chi connectivity index (χ0v) is 10.3. The average molecular weight is 248 g/mol.